The van der Waals surface area contributed by atoms with Gasteiger partial charge in [-0.3, -0.25) is 14.6 Å². The Morgan fingerprint density at radius 2 is 1.88 bits per heavy atom. The summed E-state index contributed by atoms with van der Waals surface area (Å²) in [5.74, 6) is -0.276. The summed E-state index contributed by atoms with van der Waals surface area (Å²) in [5.41, 5.74) is 9.00. The molecule has 3 heterocycles. The van der Waals surface area contributed by atoms with Crippen molar-refractivity contribution in [3.8, 4) is 11.5 Å². The number of rotatable bonds is 5. The Hall–Kier alpha value is -3.71. The zero-order valence-corrected chi connectivity index (χ0v) is 20.5. The van der Waals surface area contributed by atoms with Crippen molar-refractivity contribution in [3.63, 3.8) is 0 Å². The number of anilines is 1. The molecule has 1 atom stereocenters. The molecule has 4 aromatic rings. The number of primary amides is 1. The minimum absolute atomic E-state index is 0.0350. The van der Waals surface area contributed by atoms with Gasteiger partial charge >= 0.3 is 0 Å². The van der Waals surface area contributed by atoms with Gasteiger partial charge in [0.1, 0.15) is 16.4 Å². The molecule has 0 saturated carbocycles. The van der Waals surface area contributed by atoms with Gasteiger partial charge in [0.25, 0.3) is 5.91 Å². The number of halogens is 1. The number of aryl methyl sites for hydroxylation is 1. The molecule has 1 unspecified atom stereocenters. The van der Waals surface area contributed by atoms with Crippen molar-refractivity contribution in [2.24, 2.45) is 5.73 Å². The van der Waals surface area contributed by atoms with Gasteiger partial charge in [0.2, 0.25) is 0 Å². The fourth-order valence-electron chi connectivity index (χ4n) is 3.68. The van der Waals surface area contributed by atoms with Crippen LogP contribution in [0.25, 0.3) is 22.4 Å². The van der Waals surface area contributed by atoms with E-state index in [1.54, 1.807) is 37.4 Å². The smallest absolute Gasteiger partial charge is 0.269 e. The fourth-order valence-corrected chi connectivity index (χ4v) is 3.83. The third kappa shape index (κ3) is 4.94. The van der Waals surface area contributed by atoms with Gasteiger partial charge in [-0.2, -0.15) is 0 Å². The fraction of sp³-hybridized carbons (Fsp3) is 0.231. The molecule has 3 aromatic heterocycles. The second-order valence-electron chi connectivity index (χ2n) is 7.59. The Morgan fingerprint density at radius 1 is 1.15 bits per heavy atom. The number of carbonyl (C=O) groups is 1. The van der Waals surface area contributed by atoms with Gasteiger partial charge in [-0.05, 0) is 56.7 Å². The number of benzene rings is 1. The normalized spacial score (nSPS) is 11.5. The van der Waals surface area contributed by atoms with Crippen molar-refractivity contribution >= 4 is 34.2 Å². The highest BCUT2D eigenvalue weighted by Gasteiger charge is 2.21. The predicted molar refractivity (Wildman–Crippen MR) is 136 cm³/mol. The average Bonchev–Trinajstić information content (AvgIpc) is 2.84. The topological polar surface area (TPSA) is 111 Å². The maximum atomic E-state index is 13.2. The zero-order chi connectivity index (χ0) is 25.0. The number of nitrogens with two attached hydrogens (primary N) is 1. The number of fused-ring (bicyclic) bond motifs is 1. The minimum Gasteiger partial charge on any atom is -0.454 e. The van der Waals surface area contributed by atoms with Gasteiger partial charge in [0.05, 0.1) is 17.1 Å². The van der Waals surface area contributed by atoms with Crippen LogP contribution in [0.3, 0.4) is 0 Å². The number of nitrogens with one attached hydrogen (secondary N) is 1. The number of nitrogens with zero attached hydrogens (tertiary/aromatic N) is 2. The summed E-state index contributed by atoms with van der Waals surface area (Å²) in [4.78, 5) is 33.4. The Kier molecular flexibility index (Phi) is 7.68. The van der Waals surface area contributed by atoms with E-state index in [1.165, 1.54) is 0 Å². The van der Waals surface area contributed by atoms with E-state index in [0.717, 1.165) is 11.1 Å². The molecule has 0 spiro atoms. The molecule has 1 amide bonds. The third-order valence-corrected chi connectivity index (χ3v) is 5.43. The molecule has 8 heteroatoms. The second-order valence-corrected chi connectivity index (χ2v) is 7.98. The molecule has 0 saturated heterocycles. The number of amides is 1. The lowest BCUT2D eigenvalue weighted by molar-refractivity contribution is 0.0996. The number of hydrogen-bond acceptors (Lipinski definition) is 6. The summed E-state index contributed by atoms with van der Waals surface area (Å²) in [6.45, 7) is 9.54. The first kappa shape index (κ1) is 24.9. The summed E-state index contributed by atoms with van der Waals surface area (Å²) < 4.78 is 6.27. The van der Waals surface area contributed by atoms with Crippen molar-refractivity contribution in [1.29, 1.82) is 0 Å². The van der Waals surface area contributed by atoms with Gasteiger partial charge < -0.3 is 15.5 Å². The van der Waals surface area contributed by atoms with Crippen LogP contribution in [0.1, 0.15) is 54.0 Å². The maximum Gasteiger partial charge on any atom is 0.269 e. The standard InChI is InChI=1S/C24H21ClN4O3.C2H6/c1-12-10-15(14(3)28-17-7-8-19(25)29-20(17)24(26)31)23-16(11-12)21(30)13(2)22(32-23)18-6-4-5-9-27-18;1-2/h4-11,14,28H,1-3H3,(H2,26,31);1-2H3. The maximum absolute atomic E-state index is 13.2. The molecule has 0 aliphatic heterocycles. The summed E-state index contributed by atoms with van der Waals surface area (Å²) in [6.07, 6.45) is 1.65. The summed E-state index contributed by atoms with van der Waals surface area (Å²) >= 11 is 5.92. The molecule has 0 fully saturated rings. The highest BCUT2D eigenvalue weighted by molar-refractivity contribution is 6.29. The van der Waals surface area contributed by atoms with Crippen LogP contribution in [0, 0.1) is 13.8 Å². The summed E-state index contributed by atoms with van der Waals surface area (Å²) in [5, 5.41) is 3.90. The van der Waals surface area contributed by atoms with Gasteiger partial charge in [0.15, 0.2) is 16.9 Å². The monoisotopic (exact) mass is 478 g/mol. The molecule has 7 nitrogen and oxygen atoms in total. The number of pyridine rings is 2. The molecular formula is C26H27ClN4O3. The molecule has 0 aliphatic rings. The SMILES string of the molecule is CC.Cc1cc(C(C)Nc2ccc(Cl)nc2C(N)=O)c2oc(-c3ccccn3)c(C)c(=O)c2c1. The molecule has 3 N–H and O–H groups in total. The van der Waals surface area contributed by atoms with E-state index in [4.69, 9.17) is 21.8 Å². The molecule has 176 valence electrons. The number of aromatic nitrogens is 2. The van der Waals surface area contributed by atoms with Crippen molar-refractivity contribution in [2.45, 2.75) is 40.7 Å². The molecule has 34 heavy (non-hydrogen) atoms. The zero-order valence-electron chi connectivity index (χ0n) is 19.8. The van der Waals surface area contributed by atoms with Crippen LogP contribution >= 0.6 is 11.6 Å². The largest absolute Gasteiger partial charge is 0.454 e. The molecule has 1 aromatic carbocycles. The van der Waals surface area contributed by atoms with E-state index in [-0.39, 0.29) is 22.3 Å². The van der Waals surface area contributed by atoms with Crippen LogP contribution in [0.15, 0.2) is 57.9 Å². The van der Waals surface area contributed by atoms with E-state index < -0.39 is 5.91 Å². The van der Waals surface area contributed by atoms with Crippen LogP contribution in [0.4, 0.5) is 5.69 Å². The molecule has 4 rings (SSSR count). The first-order chi connectivity index (χ1) is 16.3. The van der Waals surface area contributed by atoms with Crippen LogP contribution in [0.2, 0.25) is 5.15 Å². The molecule has 0 aliphatic carbocycles. The second kappa shape index (κ2) is 10.5. The first-order valence-corrected chi connectivity index (χ1v) is 11.4. The lowest BCUT2D eigenvalue weighted by Gasteiger charge is -2.19. The first-order valence-electron chi connectivity index (χ1n) is 11.0. The van der Waals surface area contributed by atoms with Crippen LogP contribution in [-0.4, -0.2) is 15.9 Å². The van der Waals surface area contributed by atoms with Gasteiger partial charge in [-0.15, -0.1) is 0 Å². The van der Waals surface area contributed by atoms with E-state index >= 15 is 0 Å². The van der Waals surface area contributed by atoms with Gasteiger partial charge in [-0.25, -0.2) is 4.98 Å². The quantitative estimate of drug-likeness (QED) is 0.349. The van der Waals surface area contributed by atoms with Crippen molar-refractivity contribution in [2.75, 3.05) is 5.32 Å². The Balaban J connectivity index is 0.00000158. The Bertz CT molecular complexity index is 1400. The van der Waals surface area contributed by atoms with Crippen LogP contribution in [0.5, 0.6) is 0 Å². The highest BCUT2D eigenvalue weighted by atomic mass is 35.5. The van der Waals surface area contributed by atoms with Gasteiger partial charge in [0, 0.05) is 17.3 Å². The lowest BCUT2D eigenvalue weighted by atomic mass is 9.99. The van der Waals surface area contributed by atoms with Crippen molar-refractivity contribution in [3.05, 3.63) is 86.4 Å². The summed E-state index contributed by atoms with van der Waals surface area (Å²) in [6, 6.07) is 12.1. The molecule has 0 bridgehead atoms. The Morgan fingerprint density at radius 3 is 2.53 bits per heavy atom. The van der Waals surface area contributed by atoms with E-state index in [2.05, 4.69) is 15.3 Å². The lowest BCUT2D eigenvalue weighted by Crippen LogP contribution is -2.18. The van der Waals surface area contributed by atoms with E-state index in [0.29, 0.717) is 33.7 Å². The average molecular weight is 479 g/mol. The number of carbonyl (C=O) groups excluding carboxylic acids is 1. The van der Waals surface area contributed by atoms with E-state index in [1.807, 2.05) is 45.9 Å². The Labute approximate surface area is 203 Å². The highest BCUT2D eigenvalue weighted by Crippen LogP contribution is 2.32. The van der Waals surface area contributed by atoms with Crippen LogP contribution < -0.4 is 16.5 Å². The van der Waals surface area contributed by atoms with Crippen molar-refractivity contribution in [1.82, 2.24) is 9.97 Å². The number of hydrogen-bond donors (Lipinski definition) is 2. The summed E-state index contributed by atoms with van der Waals surface area (Å²) in [7, 11) is 0. The van der Waals surface area contributed by atoms with E-state index in [9.17, 15) is 9.59 Å². The molecular weight excluding hydrogens is 452 g/mol. The molecule has 0 radical (unpaired) electrons. The van der Waals surface area contributed by atoms with Crippen molar-refractivity contribution < 1.29 is 9.21 Å². The third-order valence-electron chi connectivity index (χ3n) is 5.22. The van der Waals surface area contributed by atoms with Crippen LogP contribution in [-0.2, 0) is 0 Å². The van der Waals surface area contributed by atoms with Gasteiger partial charge in [-0.1, -0.05) is 37.6 Å². The predicted octanol–water partition coefficient (Wildman–Crippen LogP) is 5.82. The minimum atomic E-state index is -0.698.